The highest BCUT2D eigenvalue weighted by Gasteiger charge is 1.66. The molecule has 0 aliphatic carbocycles. The van der Waals surface area contributed by atoms with E-state index in [2.05, 4.69) is 5.32 Å². The molecule has 0 amide bonds. The lowest BCUT2D eigenvalue weighted by Gasteiger charge is -1.87. The van der Waals surface area contributed by atoms with Crippen molar-refractivity contribution in [1.82, 2.24) is 5.32 Å². The van der Waals surface area contributed by atoms with E-state index in [0.717, 1.165) is 6.54 Å². The van der Waals surface area contributed by atoms with Crippen LogP contribution in [0, 0.1) is 5.41 Å². The topological polar surface area (TPSA) is 35.9 Å². The molecule has 0 atom stereocenters. The van der Waals surface area contributed by atoms with Gasteiger partial charge in [-0.2, -0.15) is 0 Å². The maximum absolute atomic E-state index is 6.60. The van der Waals surface area contributed by atoms with Gasteiger partial charge in [-0.25, -0.2) is 0 Å². The third-order valence-corrected chi connectivity index (χ3v) is 0.966. The predicted octanol–water partition coefficient (Wildman–Crippen LogP) is 1.41. The minimum absolute atomic E-state index is 0.940. The second-order valence-corrected chi connectivity index (χ2v) is 1.89. The van der Waals surface area contributed by atoms with Crippen LogP contribution in [0.25, 0.3) is 0 Å². The lowest BCUT2D eigenvalue weighted by Crippen LogP contribution is -2.00. The minimum Gasteiger partial charge on any atom is -0.391 e. The lowest BCUT2D eigenvalue weighted by molar-refractivity contribution is 0.921. The molecule has 3 heteroatoms. The van der Waals surface area contributed by atoms with Crippen LogP contribution in [0.2, 0.25) is 0 Å². The summed E-state index contributed by atoms with van der Waals surface area (Å²) in [6, 6.07) is 0. The molecule has 0 saturated carbocycles. The molecule has 0 bridgehead atoms. The van der Waals surface area contributed by atoms with Crippen LogP contribution in [0.4, 0.5) is 0 Å². The molecule has 0 aromatic heterocycles. The summed E-state index contributed by atoms with van der Waals surface area (Å²) < 4.78 is 0. The number of hydrogen-bond donors (Lipinski definition) is 2. The van der Waals surface area contributed by atoms with Crippen LogP contribution in [-0.2, 0) is 0 Å². The first-order valence-electron chi connectivity index (χ1n) is 2.44. The van der Waals surface area contributed by atoms with Crippen LogP contribution in [-0.4, -0.2) is 12.1 Å². The highest BCUT2D eigenvalue weighted by molar-refractivity contribution is 8.14. The first kappa shape index (κ1) is 7.56. The van der Waals surface area contributed by atoms with Gasteiger partial charge in [-0.15, -0.1) is 0 Å². The van der Waals surface area contributed by atoms with E-state index >= 15 is 0 Å². The molecule has 0 aromatic rings. The third kappa shape index (κ3) is 5.56. The molecule has 0 saturated heterocycles. The Morgan fingerprint density at radius 2 is 2.50 bits per heavy atom. The van der Waals surface area contributed by atoms with Gasteiger partial charge < -0.3 is 10.7 Å². The van der Waals surface area contributed by atoms with Crippen molar-refractivity contribution in [2.75, 3.05) is 6.54 Å². The highest BCUT2D eigenvalue weighted by Crippen LogP contribution is 1.91. The summed E-state index contributed by atoms with van der Waals surface area (Å²) in [5.74, 6) is 0. The average Bonchev–Trinajstić information content (AvgIpc) is 1.81. The zero-order valence-electron chi connectivity index (χ0n) is 4.85. The van der Waals surface area contributed by atoms with Gasteiger partial charge in [-0.05, 0) is 12.3 Å². The molecule has 0 radical (unpaired) electrons. The zero-order chi connectivity index (χ0) is 6.24. The Balaban J connectivity index is 2.94. The molecule has 2 nitrogen and oxygen atoms in total. The summed E-state index contributed by atoms with van der Waals surface area (Å²) in [5.41, 5.74) is 1.29. The summed E-state index contributed by atoms with van der Waals surface area (Å²) in [4.78, 5) is 0. The molecule has 0 aromatic carbocycles. The van der Waals surface area contributed by atoms with Crippen LogP contribution < -0.4 is 5.32 Å². The standard InChI is InChI=1S/C5H10N2S/c1-2-7-3-4-8-5-6/h3-7H,2H2,1H3/b4-3+,6-5?. The predicted molar refractivity (Wildman–Crippen MR) is 39.2 cm³/mol. The van der Waals surface area contributed by atoms with E-state index in [0.29, 0.717) is 0 Å². The minimum atomic E-state index is 0.940. The normalized spacial score (nSPS) is 9.62. The first-order chi connectivity index (χ1) is 3.91. The molecule has 46 valence electrons. The lowest BCUT2D eigenvalue weighted by atomic mass is 10.7. The van der Waals surface area contributed by atoms with Crippen molar-refractivity contribution in [3.05, 3.63) is 11.6 Å². The van der Waals surface area contributed by atoms with Crippen molar-refractivity contribution < 1.29 is 0 Å². The number of rotatable bonds is 4. The summed E-state index contributed by atoms with van der Waals surface area (Å²) in [6.07, 6.45) is 1.83. The highest BCUT2D eigenvalue weighted by atomic mass is 32.2. The zero-order valence-corrected chi connectivity index (χ0v) is 5.66. The van der Waals surface area contributed by atoms with E-state index in [9.17, 15) is 0 Å². The Labute approximate surface area is 53.9 Å². The molecule has 0 fully saturated rings. The maximum Gasteiger partial charge on any atom is 0.0549 e. The summed E-state index contributed by atoms with van der Waals surface area (Å²) >= 11 is 1.35. The van der Waals surface area contributed by atoms with E-state index < -0.39 is 0 Å². The van der Waals surface area contributed by atoms with Gasteiger partial charge in [0.2, 0.25) is 0 Å². The van der Waals surface area contributed by atoms with Gasteiger partial charge in [0.15, 0.2) is 0 Å². The van der Waals surface area contributed by atoms with Crippen molar-refractivity contribution in [1.29, 1.82) is 5.41 Å². The monoisotopic (exact) mass is 130 g/mol. The molecule has 0 aliphatic rings. The van der Waals surface area contributed by atoms with Crippen molar-refractivity contribution in [2.45, 2.75) is 6.92 Å². The van der Waals surface area contributed by atoms with Gasteiger partial charge in [-0.3, -0.25) is 0 Å². The van der Waals surface area contributed by atoms with E-state index in [1.165, 1.54) is 17.3 Å². The van der Waals surface area contributed by atoms with Crippen molar-refractivity contribution in [3.63, 3.8) is 0 Å². The van der Waals surface area contributed by atoms with Crippen molar-refractivity contribution in [3.8, 4) is 0 Å². The van der Waals surface area contributed by atoms with Crippen molar-refractivity contribution >= 4 is 17.3 Å². The fourth-order valence-electron chi connectivity index (χ4n) is 0.245. The van der Waals surface area contributed by atoms with E-state index in [4.69, 9.17) is 5.41 Å². The van der Waals surface area contributed by atoms with Gasteiger partial charge in [0, 0.05) is 12.7 Å². The summed E-state index contributed by atoms with van der Waals surface area (Å²) in [5, 5.41) is 11.4. The van der Waals surface area contributed by atoms with Gasteiger partial charge in [-0.1, -0.05) is 11.8 Å². The molecular formula is C5H10N2S. The molecule has 0 aliphatic heterocycles. The Morgan fingerprint density at radius 1 is 1.75 bits per heavy atom. The van der Waals surface area contributed by atoms with Gasteiger partial charge >= 0.3 is 0 Å². The molecule has 0 unspecified atom stereocenters. The van der Waals surface area contributed by atoms with Crippen LogP contribution in [0.1, 0.15) is 6.92 Å². The van der Waals surface area contributed by atoms with Crippen LogP contribution in [0.15, 0.2) is 11.6 Å². The summed E-state index contributed by atoms with van der Waals surface area (Å²) in [6.45, 7) is 2.97. The number of nitrogens with one attached hydrogen (secondary N) is 2. The molecule has 2 N–H and O–H groups in total. The Morgan fingerprint density at radius 3 is 3.00 bits per heavy atom. The molecule has 0 spiro atoms. The Hall–Kier alpha value is -0.440. The Kier molecular flexibility index (Phi) is 6.20. The average molecular weight is 130 g/mol. The number of thioether (sulfide) groups is 1. The largest absolute Gasteiger partial charge is 0.391 e. The third-order valence-electron chi connectivity index (χ3n) is 0.537. The summed E-state index contributed by atoms with van der Waals surface area (Å²) in [7, 11) is 0. The van der Waals surface area contributed by atoms with Gasteiger partial charge in [0.05, 0.1) is 5.55 Å². The quantitative estimate of drug-likeness (QED) is 0.446. The fraction of sp³-hybridized carbons (Fsp3) is 0.400. The Bertz CT molecular complexity index is 80.5. The van der Waals surface area contributed by atoms with E-state index in [-0.39, 0.29) is 0 Å². The van der Waals surface area contributed by atoms with Crippen LogP contribution in [0.5, 0.6) is 0 Å². The smallest absolute Gasteiger partial charge is 0.0549 e. The van der Waals surface area contributed by atoms with Crippen LogP contribution >= 0.6 is 11.8 Å². The van der Waals surface area contributed by atoms with Gasteiger partial charge in [0.25, 0.3) is 0 Å². The van der Waals surface area contributed by atoms with E-state index in [1.807, 2.05) is 18.5 Å². The first-order valence-corrected chi connectivity index (χ1v) is 3.39. The second kappa shape index (κ2) is 6.56. The molecule has 8 heavy (non-hydrogen) atoms. The molecule has 0 rings (SSSR count). The number of hydrogen-bond acceptors (Lipinski definition) is 3. The second-order valence-electron chi connectivity index (χ2n) is 1.11. The van der Waals surface area contributed by atoms with Gasteiger partial charge in [0.1, 0.15) is 0 Å². The van der Waals surface area contributed by atoms with Crippen molar-refractivity contribution in [2.24, 2.45) is 0 Å². The maximum atomic E-state index is 6.60. The fourth-order valence-corrected chi connectivity index (χ4v) is 0.498. The molecular weight excluding hydrogens is 120 g/mol. The van der Waals surface area contributed by atoms with Crippen LogP contribution in [0.3, 0.4) is 0 Å². The molecule has 0 heterocycles. The van der Waals surface area contributed by atoms with E-state index in [1.54, 1.807) is 0 Å². The SMILES string of the molecule is CCN/C=C/SC=N.